The van der Waals surface area contributed by atoms with Crippen molar-refractivity contribution in [1.82, 2.24) is 5.32 Å². The highest BCUT2D eigenvalue weighted by Gasteiger charge is 2.16. The predicted octanol–water partition coefficient (Wildman–Crippen LogP) is 2.57. The number of carbonyl (C=O) groups is 2. The third kappa shape index (κ3) is 6.14. The van der Waals surface area contributed by atoms with Crippen LogP contribution < -0.4 is 14.8 Å². The van der Waals surface area contributed by atoms with E-state index in [4.69, 9.17) is 14.2 Å². The van der Waals surface area contributed by atoms with Crippen LogP contribution in [0.5, 0.6) is 11.5 Å². The van der Waals surface area contributed by atoms with Crippen molar-refractivity contribution in [3.8, 4) is 11.5 Å². The van der Waals surface area contributed by atoms with Crippen LogP contribution in [-0.4, -0.2) is 37.7 Å². The molecule has 1 heterocycles. The summed E-state index contributed by atoms with van der Waals surface area (Å²) in [5.74, 6) is 0.832. The first-order valence-corrected chi connectivity index (χ1v) is 8.51. The van der Waals surface area contributed by atoms with Crippen molar-refractivity contribution < 1.29 is 23.8 Å². The minimum atomic E-state index is -0.834. The zero-order valence-corrected chi connectivity index (χ0v) is 14.9. The summed E-state index contributed by atoms with van der Waals surface area (Å²) < 4.78 is 16.3. The van der Waals surface area contributed by atoms with Crippen molar-refractivity contribution in [2.24, 2.45) is 5.92 Å². The number of amides is 1. The van der Waals surface area contributed by atoms with Gasteiger partial charge < -0.3 is 19.5 Å². The summed E-state index contributed by atoms with van der Waals surface area (Å²) in [5.41, 5.74) is 0.790. The maximum absolute atomic E-state index is 11.9. The third-order valence-corrected chi connectivity index (χ3v) is 3.53. The normalized spacial score (nSPS) is 14.9. The first kappa shape index (κ1) is 18.8. The lowest BCUT2D eigenvalue weighted by Gasteiger charge is -2.13. The Hall–Kier alpha value is -2.50. The van der Waals surface area contributed by atoms with E-state index in [1.54, 1.807) is 13.0 Å². The molecule has 0 unspecified atom stereocenters. The Morgan fingerprint density at radius 1 is 1.20 bits per heavy atom. The molecule has 1 aliphatic heterocycles. The number of carbonyl (C=O) groups excluding carboxylic acids is 2. The summed E-state index contributed by atoms with van der Waals surface area (Å²) in [6, 6.07) is 5.45. The second-order valence-electron chi connectivity index (χ2n) is 6.31. The maximum Gasteiger partial charge on any atom is 0.331 e. The molecule has 1 aromatic rings. The first-order chi connectivity index (χ1) is 12.0. The molecule has 0 bridgehead atoms. The van der Waals surface area contributed by atoms with Crippen LogP contribution in [0.4, 0.5) is 0 Å². The first-order valence-electron chi connectivity index (χ1n) is 8.51. The smallest absolute Gasteiger partial charge is 0.331 e. The lowest BCUT2D eigenvalue weighted by Crippen LogP contribution is -2.37. The zero-order valence-electron chi connectivity index (χ0n) is 14.9. The van der Waals surface area contributed by atoms with Gasteiger partial charge in [-0.2, -0.15) is 0 Å². The van der Waals surface area contributed by atoms with Gasteiger partial charge in [-0.25, -0.2) is 4.79 Å². The van der Waals surface area contributed by atoms with E-state index in [1.165, 1.54) is 6.08 Å². The molecule has 2 rings (SSSR count). The van der Waals surface area contributed by atoms with E-state index in [0.29, 0.717) is 37.2 Å². The van der Waals surface area contributed by atoms with E-state index < -0.39 is 12.1 Å². The van der Waals surface area contributed by atoms with Gasteiger partial charge in [0.05, 0.1) is 13.2 Å². The van der Waals surface area contributed by atoms with Crippen molar-refractivity contribution in [1.29, 1.82) is 0 Å². The number of nitrogens with one attached hydrogen (secondary N) is 1. The minimum Gasteiger partial charge on any atom is -0.490 e. The Kier molecular flexibility index (Phi) is 6.86. The van der Waals surface area contributed by atoms with Gasteiger partial charge in [-0.3, -0.25) is 4.79 Å². The number of hydrogen-bond donors (Lipinski definition) is 1. The highest BCUT2D eigenvalue weighted by Crippen LogP contribution is 2.30. The van der Waals surface area contributed by atoms with E-state index in [0.717, 1.165) is 12.0 Å². The Morgan fingerprint density at radius 2 is 1.92 bits per heavy atom. The molecular weight excluding hydrogens is 322 g/mol. The molecule has 136 valence electrons. The van der Waals surface area contributed by atoms with Crippen molar-refractivity contribution in [3.05, 3.63) is 29.8 Å². The quantitative estimate of drug-likeness (QED) is 0.632. The highest BCUT2D eigenvalue weighted by atomic mass is 16.5. The van der Waals surface area contributed by atoms with E-state index in [1.807, 2.05) is 32.0 Å². The Balaban J connectivity index is 1.89. The lowest BCUT2D eigenvalue weighted by molar-refractivity contribution is -0.150. The summed E-state index contributed by atoms with van der Waals surface area (Å²) in [7, 11) is 0. The number of ether oxygens (including phenoxy) is 3. The molecule has 1 amide bonds. The molecule has 1 aliphatic rings. The van der Waals surface area contributed by atoms with Crippen LogP contribution in [0.3, 0.4) is 0 Å². The molecule has 0 saturated heterocycles. The van der Waals surface area contributed by atoms with Crippen molar-refractivity contribution in [2.45, 2.75) is 33.3 Å². The van der Waals surface area contributed by atoms with E-state index in [-0.39, 0.29) is 5.91 Å². The van der Waals surface area contributed by atoms with Crippen LogP contribution in [0.2, 0.25) is 0 Å². The Labute approximate surface area is 148 Å². The molecule has 0 aliphatic carbocycles. The van der Waals surface area contributed by atoms with E-state index in [9.17, 15) is 9.59 Å². The summed E-state index contributed by atoms with van der Waals surface area (Å²) in [6.45, 7) is 7.32. The minimum absolute atomic E-state index is 0.300. The topological polar surface area (TPSA) is 73.9 Å². The molecule has 1 aromatic carbocycles. The fourth-order valence-electron chi connectivity index (χ4n) is 2.16. The second-order valence-corrected chi connectivity index (χ2v) is 6.31. The van der Waals surface area contributed by atoms with Gasteiger partial charge in [0.25, 0.3) is 5.91 Å². The van der Waals surface area contributed by atoms with Gasteiger partial charge in [0.1, 0.15) is 0 Å². The molecule has 6 nitrogen and oxygen atoms in total. The molecule has 0 radical (unpaired) electrons. The summed E-state index contributed by atoms with van der Waals surface area (Å²) >= 11 is 0. The highest BCUT2D eigenvalue weighted by molar-refractivity contribution is 5.90. The average Bonchev–Trinajstić information content (AvgIpc) is 2.82. The summed E-state index contributed by atoms with van der Waals surface area (Å²) in [5, 5.41) is 2.73. The van der Waals surface area contributed by atoms with E-state index >= 15 is 0 Å². The fraction of sp³-hybridized carbons (Fsp3) is 0.474. The average molecular weight is 347 g/mol. The van der Waals surface area contributed by atoms with Gasteiger partial charge in [-0.15, -0.1) is 0 Å². The number of fused-ring (bicyclic) bond motifs is 1. The molecule has 0 aromatic heterocycles. The molecule has 1 atom stereocenters. The molecule has 25 heavy (non-hydrogen) atoms. The van der Waals surface area contributed by atoms with Gasteiger partial charge in [0.15, 0.2) is 17.6 Å². The van der Waals surface area contributed by atoms with Crippen molar-refractivity contribution >= 4 is 18.0 Å². The van der Waals surface area contributed by atoms with Crippen LogP contribution in [0.25, 0.3) is 6.08 Å². The Bertz CT molecular complexity index is 639. The predicted molar refractivity (Wildman–Crippen MR) is 94.5 cm³/mol. The van der Waals surface area contributed by atoms with Gasteiger partial charge in [0, 0.05) is 19.0 Å². The molecule has 0 spiro atoms. The molecule has 6 heteroatoms. The van der Waals surface area contributed by atoms with Crippen LogP contribution in [0, 0.1) is 5.92 Å². The number of esters is 1. The van der Waals surface area contributed by atoms with Crippen LogP contribution in [0.15, 0.2) is 24.3 Å². The SMILES string of the molecule is CC(C)CNC(=O)[C@H](C)OC(=O)/C=C/c1ccc2c(c1)OCCCO2. The van der Waals surface area contributed by atoms with Gasteiger partial charge >= 0.3 is 5.97 Å². The third-order valence-electron chi connectivity index (χ3n) is 3.53. The Morgan fingerprint density at radius 3 is 2.64 bits per heavy atom. The van der Waals surface area contributed by atoms with Gasteiger partial charge in [-0.1, -0.05) is 19.9 Å². The lowest BCUT2D eigenvalue weighted by atomic mass is 10.2. The number of hydrogen-bond acceptors (Lipinski definition) is 5. The molecule has 0 saturated carbocycles. The van der Waals surface area contributed by atoms with Crippen molar-refractivity contribution in [2.75, 3.05) is 19.8 Å². The molecule has 0 fully saturated rings. The van der Waals surface area contributed by atoms with Gasteiger partial charge in [0.2, 0.25) is 0 Å². The van der Waals surface area contributed by atoms with Crippen LogP contribution in [0.1, 0.15) is 32.8 Å². The van der Waals surface area contributed by atoms with Crippen molar-refractivity contribution in [3.63, 3.8) is 0 Å². The fourth-order valence-corrected chi connectivity index (χ4v) is 2.16. The maximum atomic E-state index is 11.9. The number of rotatable bonds is 6. The number of benzene rings is 1. The second kappa shape index (κ2) is 9.11. The van der Waals surface area contributed by atoms with Gasteiger partial charge in [-0.05, 0) is 36.6 Å². The van der Waals surface area contributed by atoms with Crippen LogP contribution >= 0.6 is 0 Å². The van der Waals surface area contributed by atoms with Crippen LogP contribution in [-0.2, 0) is 14.3 Å². The summed E-state index contributed by atoms with van der Waals surface area (Å²) in [6.07, 6.45) is 2.92. The standard InChI is InChI=1S/C19H25NO5/c1-13(2)12-20-19(22)14(3)25-18(21)8-6-15-5-7-16-17(11-15)24-10-4-9-23-16/h5-8,11,13-14H,4,9-10,12H2,1-3H3,(H,20,22)/b8-6+/t14-/m0/s1. The monoisotopic (exact) mass is 347 g/mol. The summed E-state index contributed by atoms with van der Waals surface area (Å²) in [4.78, 5) is 23.7. The zero-order chi connectivity index (χ0) is 18.2. The molecule has 1 N–H and O–H groups in total. The largest absolute Gasteiger partial charge is 0.490 e. The molecular formula is C19H25NO5. The van der Waals surface area contributed by atoms with E-state index in [2.05, 4.69) is 5.32 Å².